The van der Waals surface area contributed by atoms with Crippen molar-refractivity contribution in [3.8, 4) is 0 Å². The van der Waals surface area contributed by atoms with E-state index in [1.165, 1.54) is 38.3 Å². The minimum Gasteiger partial charge on any atom is -0.341 e. The molecule has 1 saturated carbocycles. The van der Waals surface area contributed by atoms with Gasteiger partial charge in [0, 0.05) is 38.6 Å². The molecule has 7 nitrogen and oxygen atoms in total. The number of carbonyl (C=O) groups is 1. The Labute approximate surface area is 173 Å². The summed E-state index contributed by atoms with van der Waals surface area (Å²) in [7, 11) is -2.25. The van der Waals surface area contributed by atoms with Gasteiger partial charge in [0.1, 0.15) is 4.90 Å². The van der Waals surface area contributed by atoms with E-state index in [1.807, 2.05) is 0 Å². The number of carbonyl (C=O) groups excluding carboxylic acids is 1. The zero-order chi connectivity index (χ0) is 17.9. The number of nitrogens with zero attached hydrogens (tertiary/aromatic N) is 3. The van der Waals surface area contributed by atoms with E-state index in [0.717, 1.165) is 29.6 Å². The van der Waals surface area contributed by atoms with E-state index >= 15 is 0 Å². The van der Waals surface area contributed by atoms with Gasteiger partial charge < -0.3 is 10.2 Å². The van der Waals surface area contributed by atoms with E-state index in [4.69, 9.17) is 0 Å². The molecule has 0 radical (unpaired) electrons. The molecular weight excluding hydrogens is 411 g/mol. The Morgan fingerprint density at radius 3 is 2.48 bits per heavy atom. The number of sulfonamides is 1. The Morgan fingerprint density at radius 2 is 1.93 bits per heavy atom. The van der Waals surface area contributed by atoms with Gasteiger partial charge in [-0.05, 0) is 50.3 Å². The molecular formula is C17H28Cl2N4O3S. The van der Waals surface area contributed by atoms with Crippen LogP contribution in [-0.4, -0.2) is 67.8 Å². The lowest BCUT2D eigenvalue weighted by atomic mass is 10.0. The van der Waals surface area contributed by atoms with Gasteiger partial charge in [-0.15, -0.1) is 24.8 Å². The van der Waals surface area contributed by atoms with Crippen molar-refractivity contribution in [3.05, 3.63) is 24.5 Å². The van der Waals surface area contributed by atoms with Crippen molar-refractivity contribution in [2.45, 2.75) is 36.6 Å². The summed E-state index contributed by atoms with van der Waals surface area (Å²) in [4.78, 5) is 18.2. The first kappa shape index (κ1) is 24.1. The molecule has 1 aliphatic heterocycles. The fourth-order valence-electron chi connectivity index (χ4n) is 3.04. The molecule has 0 unspecified atom stereocenters. The first-order valence-corrected chi connectivity index (χ1v) is 10.3. The molecule has 2 aliphatic rings. The molecule has 27 heavy (non-hydrogen) atoms. The molecule has 154 valence electrons. The third kappa shape index (κ3) is 6.57. The van der Waals surface area contributed by atoms with Crippen molar-refractivity contribution in [3.63, 3.8) is 0 Å². The van der Waals surface area contributed by atoms with Crippen LogP contribution in [0.1, 0.15) is 25.7 Å². The highest BCUT2D eigenvalue weighted by Gasteiger charge is 2.28. The van der Waals surface area contributed by atoms with Gasteiger partial charge >= 0.3 is 0 Å². The molecule has 2 heterocycles. The summed E-state index contributed by atoms with van der Waals surface area (Å²) >= 11 is 0. The number of amides is 1. The number of likely N-dealkylation sites (tertiary alicyclic amines) is 1. The maximum Gasteiger partial charge on any atom is 0.244 e. The summed E-state index contributed by atoms with van der Waals surface area (Å²) in [5.41, 5.74) is 0. The van der Waals surface area contributed by atoms with Crippen LogP contribution in [0.2, 0.25) is 0 Å². The van der Waals surface area contributed by atoms with Gasteiger partial charge in [-0.2, -0.15) is 4.31 Å². The van der Waals surface area contributed by atoms with Gasteiger partial charge in [0.05, 0.1) is 6.54 Å². The number of hydrogen-bond donors (Lipinski definition) is 1. The highest BCUT2D eigenvalue weighted by molar-refractivity contribution is 7.89. The van der Waals surface area contributed by atoms with Gasteiger partial charge in [-0.25, -0.2) is 8.42 Å². The van der Waals surface area contributed by atoms with Gasteiger partial charge in [0.15, 0.2) is 0 Å². The molecule has 1 N–H and O–H groups in total. The molecule has 0 aromatic carbocycles. The molecule has 2 fully saturated rings. The number of hydrogen-bond acceptors (Lipinski definition) is 5. The maximum atomic E-state index is 12.5. The molecule has 1 aliphatic carbocycles. The van der Waals surface area contributed by atoms with E-state index in [9.17, 15) is 13.2 Å². The maximum absolute atomic E-state index is 12.5. The first-order valence-electron chi connectivity index (χ1n) is 8.84. The average molecular weight is 439 g/mol. The highest BCUT2D eigenvalue weighted by atomic mass is 35.5. The summed E-state index contributed by atoms with van der Waals surface area (Å²) in [6, 6.07) is 3.53. The van der Waals surface area contributed by atoms with Gasteiger partial charge in [0.2, 0.25) is 15.9 Å². The van der Waals surface area contributed by atoms with Crippen molar-refractivity contribution in [1.29, 1.82) is 0 Å². The molecule has 0 spiro atoms. The Morgan fingerprint density at radius 1 is 1.26 bits per heavy atom. The number of nitrogens with one attached hydrogen (secondary N) is 1. The summed E-state index contributed by atoms with van der Waals surface area (Å²) < 4.78 is 26.0. The lowest BCUT2D eigenvalue weighted by Gasteiger charge is -2.33. The third-order valence-electron chi connectivity index (χ3n) is 4.94. The smallest absolute Gasteiger partial charge is 0.244 e. The van der Waals surface area contributed by atoms with Gasteiger partial charge in [-0.3, -0.25) is 9.78 Å². The second kappa shape index (κ2) is 10.6. The Hall–Kier alpha value is -0.930. The molecule has 1 aromatic heterocycles. The number of halogens is 2. The first-order chi connectivity index (χ1) is 12.0. The minimum atomic E-state index is -3.68. The summed E-state index contributed by atoms with van der Waals surface area (Å²) in [5, 5.41) is 3.58. The SMILES string of the molecule is CN(CC(=O)N1CCC(NCC2CC2)CC1)S(=O)(=O)c1cccnc1.Cl.Cl. The lowest BCUT2D eigenvalue weighted by molar-refractivity contribution is -0.132. The van der Waals surface area contributed by atoms with E-state index in [1.54, 1.807) is 11.0 Å². The van der Waals surface area contributed by atoms with Gasteiger partial charge in [-0.1, -0.05) is 0 Å². The van der Waals surface area contributed by atoms with Crippen LogP contribution < -0.4 is 5.32 Å². The van der Waals surface area contributed by atoms with Crippen LogP contribution in [0.5, 0.6) is 0 Å². The normalized spacial score (nSPS) is 17.9. The molecule has 1 amide bonds. The largest absolute Gasteiger partial charge is 0.341 e. The molecule has 3 rings (SSSR count). The fraction of sp³-hybridized carbons (Fsp3) is 0.647. The van der Waals surface area contributed by atoms with Gasteiger partial charge in [0.25, 0.3) is 0 Å². The van der Waals surface area contributed by atoms with Crippen molar-refractivity contribution in [2.75, 3.05) is 33.2 Å². The second-order valence-electron chi connectivity index (χ2n) is 6.96. The monoisotopic (exact) mass is 438 g/mol. The zero-order valence-corrected chi connectivity index (χ0v) is 17.9. The molecule has 10 heteroatoms. The van der Waals surface area contributed by atoms with E-state index in [-0.39, 0.29) is 42.2 Å². The number of pyridine rings is 1. The van der Waals surface area contributed by atoms with E-state index < -0.39 is 10.0 Å². The van der Waals surface area contributed by atoms with Crippen LogP contribution >= 0.6 is 24.8 Å². The van der Waals surface area contributed by atoms with Crippen LogP contribution in [0, 0.1) is 5.92 Å². The van der Waals surface area contributed by atoms with Crippen molar-refractivity contribution >= 4 is 40.7 Å². The topological polar surface area (TPSA) is 82.6 Å². The number of rotatable bonds is 7. The van der Waals surface area contributed by atoms with Crippen molar-refractivity contribution in [1.82, 2.24) is 19.5 Å². The predicted molar refractivity (Wildman–Crippen MR) is 109 cm³/mol. The quantitative estimate of drug-likeness (QED) is 0.697. The van der Waals surface area contributed by atoms with Crippen LogP contribution in [0.3, 0.4) is 0 Å². The second-order valence-corrected chi connectivity index (χ2v) is 9.00. The number of piperidine rings is 1. The van der Waals surface area contributed by atoms with Crippen molar-refractivity contribution < 1.29 is 13.2 Å². The minimum absolute atomic E-state index is 0. The molecule has 0 bridgehead atoms. The Bertz CT molecular complexity index is 693. The zero-order valence-electron chi connectivity index (χ0n) is 15.4. The third-order valence-corrected chi connectivity index (χ3v) is 6.73. The fourth-order valence-corrected chi connectivity index (χ4v) is 4.13. The van der Waals surface area contributed by atoms with E-state index in [0.29, 0.717) is 19.1 Å². The summed E-state index contributed by atoms with van der Waals surface area (Å²) in [6.07, 6.45) is 7.35. The predicted octanol–water partition coefficient (Wildman–Crippen LogP) is 1.54. The Kier molecular flexibility index (Phi) is 9.44. The number of likely N-dealkylation sites (N-methyl/N-ethyl adjacent to an activating group) is 1. The van der Waals surface area contributed by atoms with Crippen LogP contribution in [0.4, 0.5) is 0 Å². The standard InChI is InChI=1S/C17H26N4O3S.2ClH/c1-20(25(23,24)16-3-2-8-18-12-16)13-17(22)21-9-6-15(7-10-21)19-11-14-4-5-14;;/h2-3,8,12,14-15,19H,4-7,9-11,13H2,1H3;2*1H. The summed E-state index contributed by atoms with van der Waals surface area (Å²) in [6.45, 7) is 2.31. The number of aromatic nitrogens is 1. The molecule has 1 aromatic rings. The van der Waals surface area contributed by atoms with Crippen LogP contribution in [0.25, 0.3) is 0 Å². The van der Waals surface area contributed by atoms with Crippen molar-refractivity contribution in [2.24, 2.45) is 5.92 Å². The van der Waals surface area contributed by atoms with Crippen LogP contribution in [-0.2, 0) is 14.8 Å². The highest BCUT2D eigenvalue weighted by Crippen LogP contribution is 2.28. The van der Waals surface area contributed by atoms with Crippen LogP contribution in [0.15, 0.2) is 29.4 Å². The lowest BCUT2D eigenvalue weighted by Crippen LogP contribution is -2.48. The molecule has 0 atom stereocenters. The summed E-state index contributed by atoms with van der Waals surface area (Å²) in [5.74, 6) is 0.710. The molecule has 1 saturated heterocycles. The average Bonchev–Trinajstić information content (AvgIpc) is 3.45. The Balaban J connectivity index is 0.00000182. The van der Waals surface area contributed by atoms with E-state index in [2.05, 4.69) is 10.3 Å².